The van der Waals surface area contributed by atoms with Crippen LogP contribution in [0.25, 0.3) is 6.08 Å². The van der Waals surface area contributed by atoms with E-state index in [-0.39, 0.29) is 48.2 Å². The number of ether oxygens (including phenoxy) is 2. The van der Waals surface area contributed by atoms with Crippen LogP contribution in [0.15, 0.2) is 59.2 Å². The molecule has 0 N–H and O–H groups in total. The molecule has 0 aromatic heterocycles. The Hall–Kier alpha value is -2.81. The van der Waals surface area contributed by atoms with Crippen molar-refractivity contribution in [2.75, 3.05) is 0 Å². The number of nitro benzene ring substituents is 1. The zero-order valence-corrected chi connectivity index (χ0v) is 20.3. The third kappa shape index (κ3) is 4.71. The number of esters is 1. The molecule has 0 radical (unpaired) electrons. The smallest absolute Gasteiger partial charge is 0.363 e. The average Bonchev–Trinajstić information content (AvgIpc) is 3.20. The predicted molar refractivity (Wildman–Crippen MR) is 132 cm³/mol. The predicted octanol–water partition coefficient (Wildman–Crippen LogP) is 8.00. The summed E-state index contributed by atoms with van der Waals surface area (Å²) in [5, 5.41) is 11.0. The molecule has 0 spiro atoms. The molecule has 0 amide bonds. The van der Waals surface area contributed by atoms with Crippen molar-refractivity contribution in [3.05, 3.63) is 101 Å². The van der Waals surface area contributed by atoms with Crippen LogP contribution >= 0.6 is 58.0 Å². The minimum Gasteiger partial charge on any atom is -0.447 e. The zero-order valence-electron chi connectivity index (χ0n) is 16.5. The number of cyclic esters (lactones) is 1. The molecule has 0 saturated carbocycles. The Morgan fingerprint density at radius 3 is 2.15 bits per heavy atom. The Balaban J connectivity index is 1.71. The monoisotopic (exact) mass is 556 g/mol. The molecule has 1 aliphatic rings. The molecule has 0 bridgehead atoms. The number of halogens is 5. The third-order valence-corrected chi connectivity index (χ3v) is 6.75. The van der Waals surface area contributed by atoms with Crippen molar-refractivity contribution in [1.29, 1.82) is 0 Å². The Kier molecular flexibility index (Phi) is 7.02. The first-order valence-electron chi connectivity index (χ1n) is 9.23. The van der Waals surface area contributed by atoms with Gasteiger partial charge in [0.15, 0.2) is 11.4 Å². The standard InChI is InChI=1S/C22H9Cl5N2O5/c23-15-16(24)18(26)20(19(27)17(15)25)33-14-7-6-10(9-13(14)29(31)32)8-12-22(30)34-21(28-12)11-4-2-1-3-5-11/h1-9H/b12-8+. The van der Waals surface area contributed by atoms with E-state index in [1.54, 1.807) is 24.3 Å². The summed E-state index contributed by atoms with van der Waals surface area (Å²) in [6.45, 7) is 0. The lowest BCUT2D eigenvalue weighted by molar-refractivity contribution is -0.385. The van der Waals surface area contributed by atoms with Gasteiger partial charge in [0.1, 0.15) is 10.0 Å². The van der Waals surface area contributed by atoms with Gasteiger partial charge in [0.25, 0.3) is 0 Å². The Labute approximate surface area is 217 Å². The van der Waals surface area contributed by atoms with Crippen LogP contribution in [-0.2, 0) is 9.53 Å². The second kappa shape index (κ2) is 9.82. The van der Waals surface area contributed by atoms with Crippen LogP contribution in [0.2, 0.25) is 25.1 Å². The van der Waals surface area contributed by atoms with E-state index in [4.69, 9.17) is 67.5 Å². The SMILES string of the molecule is O=C1OC(c2ccccc2)=N/C1=C/c1ccc(Oc2c(Cl)c(Cl)c(Cl)c(Cl)c2Cl)c([N+](=O)[O-])c1. The van der Waals surface area contributed by atoms with Crippen molar-refractivity contribution in [1.82, 2.24) is 0 Å². The molecule has 0 aliphatic carbocycles. The van der Waals surface area contributed by atoms with E-state index < -0.39 is 16.6 Å². The number of hydrogen-bond acceptors (Lipinski definition) is 6. The van der Waals surface area contributed by atoms with E-state index in [9.17, 15) is 14.9 Å². The molecule has 1 aliphatic heterocycles. The highest BCUT2D eigenvalue weighted by Crippen LogP contribution is 2.50. The topological polar surface area (TPSA) is 91.0 Å². The largest absolute Gasteiger partial charge is 0.447 e. The van der Waals surface area contributed by atoms with Gasteiger partial charge in [-0.25, -0.2) is 9.79 Å². The lowest BCUT2D eigenvalue weighted by Gasteiger charge is -2.13. The van der Waals surface area contributed by atoms with Crippen LogP contribution in [0, 0.1) is 10.1 Å². The molecule has 172 valence electrons. The number of carbonyl (C=O) groups excluding carboxylic acids is 1. The van der Waals surface area contributed by atoms with Crippen molar-refractivity contribution >= 4 is 81.6 Å². The van der Waals surface area contributed by atoms with Gasteiger partial charge in [-0.2, -0.15) is 0 Å². The van der Waals surface area contributed by atoms with E-state index in [0.29, 0.717) is 11.1 Å². The summed E-state index contributed by atoms with van der Waals surface area (Å²) in [7, 11) is 0. The number of aliphatic imine (C=N–C) groups is 1. The van der Waals surface area contributed by atoms with Crippen LogP contribution in [0.4, 0.5) is 5.69 Å². The molecule has 1 heterocycles. The van der Waals surface area contributed by atoms with Gasteiger partial charge in [0.05, 0.1) is 20.0 Å². The Morgan fingerprint density at radius 1 is 0.912 bits per heavy atom. The van der Waals surface area contributed by atoms with Crippen LogP contribution in [-0.4, -0.2) is 16.8 Å². The third-order valence-electron chi connectivity index (χ3n) is 4.51. The van der Waals surface area contributed by atoms with Crippen LogP contribution < -0.4 is 4.74 Å². The highest BCUT2D eigenvalue weighted by molar-refractivity contribution is 6.55. The Morgan fingerprint density at radius 2 is 1.53 bits per heavy atom. The molecule has 0 atom stereocenters. The number of hydrogen-bond donors (Lipinski definition) is 0. The first kappa shape index (κ1) is 24.3. The number of rotatable bonds is 5. The molecule has 0 fully saturated rings. The minimum absolute atomic E-state index is 0.0239. The minimum atomic E-state index is -0.689. The molecule has 12 heteroatoms. The fourth-order valence-electron chi connectivity index (χ4n) is 2.91. The van der Waals surface area contributed by atoms with E-state index in [1.165, 1.54) is 24.3 Å². The molecule has 4 rings (SSSR count). The van der Waals surface area contributed by atoms with E-state index in [1.807, 2.05) is 6.07 Å². The fraction of sp³-hybridized carbons (Fsp3) is 0. The van der Waals surface area contributed by atoms with Crippen molar-refractivity contribution in [2.45, 2.75) is 0 Å². The maximum absolute atomic E-state index is 12.2. The van der Waals surface area contributed by atoms with E-state index in [0.717, 1.165) is 0 Å². The summed E-state index contributed by atoms with van der Waals surface area (Å²) in [5.41, 5.74) is 0.447. The summed E-state index contributed by atoms with van der Waals surface area (Å²) in [6, 6.07) is 12.8. The van der Waals surface area contributed by atoms with E-state index in [2.05, 4.69) is 4.99 Å². The number of benzene rings is 3. The molecule has 3 aromatic carbocycles. The van der Waals surface area contributed by atoms with Gasteiger partial charge in [-0.1, -0.05) is 82.3 Å². The summed E-state index contributed by atoms with van der Waals surface area (Å²) in [5.74, 6) is -0.959. The van der Waals surface area contributed by atoms with Crippen molar-refractivity contribution in [3.63, 3.8) is 0 Å². The van der Waals surface area contributed by atoms with Crippen LogP contribution in [0.3, 0.4) is 0 Å². The highest BCUT2D eigenvalue weighted by atomic mass is 35.5. The Bertz CT molecular complexity index is 1380. The summed E-state index contributed by atoms with van der Waals surface area (Å²) < 4.78 is 10.8. The molecule has 3 aromatic rings. The fourth-order valence-corrected chi connectivity index (χ4v) is 4.11. The van der Waals surface area contributed by atoms with Gasteiger partial charge in [0, 0.05) is 11.6 Å². The molecule has 0 saturated heterocycles. The highest BCUT2D eigenvalue weighted by Gasteiger charge is 2.26. The maximum Gasteiger partial charge on any atom is 0.363 e. The molecular weight excluding hydrogens is 550 g/mol. The lowest BCUT2D eigenvalue weighted by atomic mass is 10.1. The molecule has 7 nitrogen and oxygen atoms in total. The summed E-state index contributed by atoms with van der Waals surface area (Å²) in [6.07, 6.45) is 1.35. The van der Waals surface area contributed by atoms with E-state index >= 15 is 0 Å². The van der Waals surface area contributed by atoms with Crippen LogP contribution in [0.1, 0.15) is 11.1 Å². The number of carbonyl (C=O) groups is 1. The van der Waals surface area contributed by atoms with Gasteiger partial charge in [-0.15, -0.1) is 0 Å². The van der Waals surface area contributed by atoms with Crippen molar-refractivity contribution in [3.8, 4) is 11.5 Å². The van der Waals surface area contributed by atoms with Gasteiger partial charge in [-0.3, -0.25) is 10.1 Å². The second-order valence-corrected chi connectivity index (χ2v) is 8.58. The average molecular weight is 559 g/mol. The lowest BCUT2D eigenvalue weighted by Crippen LogP contribution is -2.04. The number of nitrogens with zero attached hydrogens (tertiary/aromatic N) is 2. The van der Waals surface area contributed by atoms with Crippen molar-refractivity contribution < 1.29 is 19.2 Å². The second-order valence-electron chi connectivity index (χ2n) is 6.69. The van der Waals surface area contributed by atoms with Crippen molar-refractivity contribution in [2.24, 2.45) is 4.99 Å². The van der Waals surface area contributed by atoms with Gasteiger partial charge < -0.3 is 9.47 Å². The molecular formula is C22H9Cl5N2O5. The number of nitro groups is 1. The van der Waals surface area contributed by atoms with Gasteiger partial charge >= 0.3 is 11.7 Å². The van der Waals surface area contributed by atoms with Gasteiger partial charge in [0.2, 0.25) is 11.6 Å². The maximum atomic E-state index is 12.2. The molecule has 34 heavy (non-hydrogen) atoms. The van der Waals surface area contributed by atoms with Crippen LogP contribution in [0.5, 0.6) is 11.5 Å². The summed E-state index contributed by atoms with van der Waals surface area (Å²) in [4.78, 5) is 27.4. The summed E-state index contributed by atoms with van der Waals surface area (Å²) >= 11 is 30.3. The first-order valence-corrected chi connectivity index (χ1v) is 11.1. The molecule has 0 unspecified atom stereocenters. The van der Waals surface area contributed by atoms with Gasteiger partial charge in [-0.05, 0) is 29.8 Å². The first-order chi connectivity index (χ1) is 16.2. The zero-order chi connectivity index (χ0) is 24.6. The normalized spacial score (nSPS) is 14.2. The quantitative estimate of drug-likeness (QED) is 0.0790.